The van der Waals surface area contributed by atoms with Crippen LogP contribution in [-0.2, 0) is 13.5 Å². The van der Waals surface area contributed by atoms with E-state index in [9.17, 15) is 0 Å². The molecule has 0 aliphatic heterocycles. The maximum absolute atomic E-state index is 5.58. The highest BCUT2D eigenvalue weighted by Gasteiger charge is 2.18. The summed E-state index contributed by atoms with van der Waals surface area (Å²) in [5.74, 6) is 2.04. The highest BCUT2D eigenvalue weighted by atomic mass is 15.3. The minimum Gasteiger partial charge on any atom is -0.330 e. The van der Waals surface area contributed by atoms with Crippen LogP contribution in [0.25, 0.3) is 0 Å². The Morgan fingerprint density at radius 2 is 1.93 bits per heavy atom. The molecule has 2 N–H and O–H groups in total. The SMILES string of the molecule is Cc1nnc(CCC(C)(C)CCN)n1C. The summed E-state index contributed by atoms with van der Waals surface area (Å²) in [5.41, 5.74) is 5.88. The van der Waals surface area contributed by atoms with Crippen LogP contribution in [0.3, 0.4) is 0 Å². The van der Waals surface area contributed by atoms with E-state index >= 15 is 0 Å². The van der Waals surface area contributed by atoms with Gasteiger partial charge in [-0.3, -0.25) is 0 Å². The van der Waals surface area contributed by atoms with Crippen LogP contribution in [0.1, 0.15) is 38.3 Å². The minimum atomic E-state index is 0.300. The third-order valence-electron chi connectivity index (χ3n) is 3.03. The number of rotatable bonds is 5. The predicted molar refractivity (Wildman–Crippen MR) is 61.5 cm³/mol. The van der Waals surface area contributed by atoms with Crippen molar-refractivity contribution in [1.82, 2.24) is 14.8 Å². The average molecular weight is 210 g/mol. The Morgan fingerprint density at radius 1 is 1.27 bits per heavy atom. The van der Waals surface area contributed by atoms with E-state index < -0.39 is 0 Å². The van der Waals surface area contributed by atoms with Crippen LogP contribution in [0.15, 0.2) is 0 Å². The fourth-order valence-electron chi connectivity index (χ4n) is 1.63. The molecule has 0 radical (unpaired) electrons. The maximum Gasteiger partial charge on any atom is 0.132 e. The lowest BCUT2D eigenvalue weighted by Crippen LogP contribution is -2.18. The van der Waals surface area contributed by atoms with Gasteiger partial charge in [0.15, 0.2) is 0 Å². The van der Waals surface area contributed by atoms with Gasteiger partial charge in [-0.1, -0.05) is 13.8 Å². The van der Waals surface area contributed by atoms with Crippen molar-refractivity contribution in [2.45, 2.75) is 40.0 Å². The van der Waals surface area contributed by atoms with Crippen LogP contribution in [-0.4, -0.2) is 21.3 Å². The van der Waals surface area contributed by atoms with E-state index in [1.54, 1.807) is 0 Å². The third kappa shape index (κ3) is 3.30. The van der Waals surface area contributed by atoms with E-state index in [0.29, 0.717) is 5.41 Å². The van der Waals surface area contributed by atoms with Crippen molar-refractivity contribution in [2.75, 3.05) is 6.54 Å². The summed E-state index contributed by atoms with van der Waals surface area (Å²) < 4.78 is 2.05. The van der Waals surface area contributed by atoms with Gasteiger partial charge in [0.05, 0.1) is 0 Å². The van der Waals surface area contributed by atoms with Gasteiger partial charge in [0.1, 0.15) is 11.6 Å². The molecule has 1 aromatic heterocycles. The fraction of sp³-hybridized carbons (Fsp3) is 0.818. The largest absolute Gasteiger partial charge is 0.330 e. The minimum absolute atomic E-state index is 0.300. The lowest BCUT2D eigenvalue weighted by Gasteiger charge is -2.23. The molecule has 86 valence electrons. The van der Waals surface area contributed by atoms with Crippen LogP contribution in [0.2, 0.25) is 0 Å². The van der Waals surface area contributed by atoms with Crippen LogP contribution in [0, 0.1) is 12.3 Å². The molecule has 0 spiro atoms. The summed E-state index contributed by atoms with van der Waals surface area (Å²) >= 11 is 0. The van der Waals surface area contributed by atoms with Crippen molar-refractivity contribution in [3.63, 3.8) is 0 Å². The van der Waals surface area contributed by atoms with Gasteiger partial charge in [-0.25, -0.2) is 0 Å². The molecule has 1 rings (SSSR count). The zero-order chi connectivity index (χ0) is 11.5. The molecule has 0 aliphatic carbocycles. The van der Waals surface area contributed by atoms with Gasteiger partial charge in [-0.2, -0.15) is 0 Å². The van der Waals surface area contributed by atoms with Gasteiger partial charge in [-0.05, 0) is 31.7 Å². The van der Waals surface area contributed by atoms with Gasteiger partial charge < -0.3 is 10.3 Å². The Bertz CT molecular complexity index is 314. The molecule has 0 aromatic carbocycles. The summed E-state index contributed by atoms with van der Waals surface area (Å²) in [5, 5.41) is 8.21. The van der Waals surface area contributed by atoms with E-state index in [2.05, 4.69) is 28.6 Å². The molecule has 0 saturated heterocycles. The monoisotopic (exact) mass is 210 g/mol. The van der Waals surface area contributed by atoms with Gasteiger partial charge in [0, 0.05) is 13.5 Å². The normalized spacial score (nSPS) is 12.1. The standard InChI is InChI=1S/C11H22N4/c1-9-13-14-10(15(9)4)5-6-11(2,3)7-8-12/h5-8,12H2,1-4H3. The second-order valence-electron chi connectivity index (χ2n) is 4.93. The molecule has 0 fully saturated rings. The molecule has 4 nitrogen and oxygen atoms in total. The molecule has 0 atom stereocenters. The molecule has 1 aromatic rings. The molecule has 0 aliphatic rings. The molecule has 1 heterocycles. The van der Waals surface area contributed by atoms with E-state index in [1.807, 2.05) is 14.0 Å². The summed E-state index contributed by atoms with van der Waals surface area (Å²) in [6.45, 7) is 7.23. The molecule has 0 amide bonds. The highest BCUT2D eigenvalue weighted by molar-refractivity contribution is 4.93. The van der Waals surface area contributed by atoms with Crippen LogP contribution >= 0.6 is 0 Å². The molecular weight excluding hydrogens is 188 g/mol. The summed E-state index contributed by atoms with van der Waals surface area (Å²) in [6, 6.07) is 0. The number of hydrogen-bond donors (Lipinski definition) is 1. The third-order valence-corrected chi connectivity index (χ3v) is 3.03. The van der Waals surface area contributed by atoms with Gasteiger partial charge >= 0.3 is 0 Å². The molecule has 15 heavy (non-hydrogen) atoms. The second kappa shape index (κ2) is 4.75. The lowest BCUT2D eigenvalue weighted by atomic mass is 9.84. The topological polar surface area (TPSA) is 56.7 Å². The number of aromatic nitrogens is 3. The Hall–Kier alpha value is -0.900. The zero-order valence-electron chi connectivity index (χ0n) is 10.2. The molecule has 0 unspecified atom stereocenters. The number of hydrogen-bond acceptors (Lipinski definition) is 3. The Morgan fingerprint density at radius 3 is 2.40 bits per heavy atom. The lowest BCUT2D eigenvalue weighted by molar-refractivity contribution is 0.309. The maximum atomic E-state index is 5.58. The number of aryl methyl sites for hydroxylation is 2. The molecule has 4 heteroatoms. The number of nitrogens with zero attached hydrogens (tertiary/aromatic N) is 3. The Kier molecular flexibility index (Phi) is 3.85. The summed E-state index contributed by atoms with van der Waals surface area (Å²) in [7, 11) is 2.01. The van der Waals surface area contributed by atoms with E-state index in [0.717, 1.165) is 37.5 Å². The fourth-order valence-corrected chi connectivity index (χ4v) is 1.63. The average Bonchev–Trinajstić information content (AvgIpc) is 2.45. The van der Waals surface area contributed by atoms with E-state index in [1.165, 1.54) is 0 Å². The number of nitrogens with two attached hydrogens (primary N) is 1. The van der Waals surface area contributed by atoms with Crippen molar-refractivity contribution >= 4 is 0 Å². The van der Waals surface area contributed by atoms with Crippen molar-refractivity contribution in [2.24, 2.45) is 18.2 Å². The second-order valence-corrected chi connectivity index (χ2v) is 4.93. The van der Waals surface area contributed by atoms with Crippen LogP contribution in [0.5, 0.6) is 0 Å². The first-order chi connectivity index (χ1) is 6.96. The van der Waals surface area contributed by atoms with Crippen molar-refractivity contribution in [3.05, 3.63) is 11.6 Å². The van der Waals surface area contributed by atoms with Gasteiger partial charge in [0.25, 0.3) is 0 Å². The molecule has 0 saturated carbocycles. The Labute approximate surface area is 91.9 Å². The van der Waals surface area contributed by atoms with Crippen LogP contribution in [0.4, 0.5) is 0 Å². The van der Waals surface area contributed by atoms with Gasteiger partial charge in [-0.15, -0.1) is 10.2 Å². The van der Waals surface area contributed by atoms with Crippen molar-refractivity contribution in [1.29, 1.82) is 0 Å². The highest BCUT2D eigenvalue weighted by Crippen LogP contribution is 2.25. The Balaban J connectivity index is 2.53. The van der Waals surface area contributed by atoms with E-state index in [4.69, 9.17) is 5.73 Å². The first-order valence-corrected chi connectivity index (χ1v) is 5.51. The summed E-state index contributed by atoms with van der Waals surface area (Å²) in [6.07, 6.45) is 3.14. The van der Waals surface area contributed by atoms with Crippen molar-refractivity contribution < 1.29 is 0 Å². The quantitative estimate of drug-likeness (QED) is 0.800. The molecule has 0 bridgehead atoms. The van der Waals surface area contributed by atoms with Crippen LogP contribution < -0.4 is 5.73 Å². The van der Waals surface area contributed by atoms with E-state index in [-0.39, 0.29) is 0 Å². The van der Waals surface area contributed by atoms with Gasteiger partial charge in [0.2, 0.25) is 0 Å². The first kappa shape index (κ1) is 12.2. The summed E-state index contributed by atoms with van der Waals surface area (Å²) in [4.78, 5) is 0. The zero-order valence-corrected chi connectivity index (χ0v) is 10.2. The van der Waals surface area contributed by atoms with Crippen molar-refractivity contribution in [3.8, 4) is 0 Å². The first-order valence-electron chi connectivity index (χ1n) is 5.51. The predicted octanol–water partition coefficient (Wildman–Crippen LogP) is 1.43. The molecular formula is C11H22N4. The smallest absolute Gasteiger partial charge is 0.132 e.